The predicted octanol–water partition coefficient (Wildman–Crippen LogP) is 2.25. The van der Waals surface area contributed by atoms with Gasteiger partial charge in [-0.1, -0.05) is 30.9 Å². The monoisotopic (exact) mass is 190 g/mol. The van der Waals surface area contributed by atoms with Crippen molar-refractivity contribution < 1.29 is 9.53 Å². The van der Waals surface area contributed by atoms with E-state index in [1.807, 2.05) is 30.3 Å². The predicted molar refractivity (Wildman–Crippen MR) is 58.9 cm³/mol. The van der Waals surface area contributed by atoms with Crippen molar-refractivity contribution in [3.8, 4) is 5.75 Å². The normalized spacial score (nSPS) is 8.36. The summed E-state index contributed by atoms with van der Waals surface area (Å²) < 4.78 is 4.91. The number of rotatable bonds is 4. The highest BCUT2D eigenvalue weighted by Gasteiger charge is 1.80. The van der Waals surface area contributed by atoms with Crippen molar-refractivity contribution in [3.05, 3.63) is 30.3 Å². The Labute approximate surface area is 86.7 Å². The average molecular weight is 190 g/mol. The number of ether oxygens (including phenoxy) is 1. The van der Waals surface area contributed by atoms with Gasteiger partial charge in [0.2, 0.25) is 0 Å². The van der Waals surface area contributed by atoms with Crippen LogP contribution in [0.3, 0.4) is 0 Å². The standard InChI is InChI=1S/C7H8O.C4H7BO/c1-8-7-5-3-2-4-6-7;5-3-1-2-4-6/h2-6H,1H3;4H,1-3H2. The molecule has 0 aliphatic rings. The number of carbonyl (C=O) groups is 1. The third-order valence-corrected chi connectivity index (χ3v) is 1.51. The number of aldehydes is 1. The van der Waals surface area contributed by atoms with Crippen LogP contribution < -0.4 is 4.74 Å². The fourth-order valence-electron chi connectivity index (χ4n) is 0.758. The summed E-state index contributed by atoms with van der Waals surface area (Å²) in [6, 6.07) is 9.68. The number of hydrogen-bond donors (Lipinski definition) is 0. The smallest absolute Gasteiger partial charge is 0.119 e. The first-order valence-corrected chi connectivity index (χ1v) is 4.58. The summed E-state index contributed by atoms with van der Waals surface area (Å²) in [5.74, 6) is 0.910. The highest BCUT2D eigenvalue weighted by molar-refractivity contribution is 6.08. The molecule has 0 fully saturated rings. The molecule has 3 heteroatoms. The lowest BCUT2D eigenvalue weighted by Crippen LogP contribution is -1.78. The first-order valence-electron chi connectivity index (χ1n) is 4.58. The fraction of sp³-hybridized carbons (Fsp3) is 0.364. The topological polar surface area (TPSA) is 26.3 Å². The van der Waals surface area contributed by atoms with E-state index in [0.717, 1.165) is 18.5 Å². The lowest BCUT2D eigenvalue weighted by molar-refractivity contribution is -0.107. The van der Waals surface area contributed by atoms with Crippen LogP contribution in [0.5, 0.6) is 5.75 Å². The Morgan fingerprint density at radius 1 is 1.36 bits per heavy atom. The number of para-hydroxylation sites is 1. The molecule has 0 heterocycles. The van der Waals surface area contributed by atoms with Crippen LogP contribution in [0.25, 0.3) is 0 Å². The van der Waals surface area contributed by atoms with Crippen molar-refractivity contribution in [1.29, 1.82) is 0 Å². The maximum atomic E-state index is 9.51. The molecule has 0 saturated carbocycles. The van der Waals surface area contributed by atoms with Crippen molar-refractivity contribution >= 4 is 14.1 Å². The van der Waals surface area contributed by atoms with Crippen LogP contribution in [-0.2, 0) is 4.79 Å². The van der Waals surface area contributed by atoms with Crippen LogP contribution in [0.4, 0.5) is 0 Å². The van der Waals surface area contributed by atoms with Crippen LogP contribution in [0.15, 0.2) is 30.3 Å². The largest absolute Gasteiger partial charge is 0.497 e. The number of hydrogen-bond acceptors (Lipinski definition) is 2. The maximum absolute atomic E-state index is 9.51. The van der Waals surface area contributed by atoms with E-state index in [1.165, 1.54) is 0 Å². The van der Waals surface area contributed by atoms with E-state index in [9.17, 15) is 4.79 Å². The van der Waals surface area contributed by atoms with Crippen LogP contribution in [0, 0.1) is 0 Å². The van der Waals surface area contributed by atoms with Gasteiger partial charge in [-0.15, -0.1) is 0 Å². The molecule has 0 atom stereocenters. The van der Waals surface area contributed by atoms with Crippen molar-refractivity contribution in [1.82, 2.24) is 0 Å². The Bertz CT molecular complexity index is 224. The number of benzene rings is 1. The van der Waals surface area contributed by atoms with Crippen molar-refractivity contribution in [2.24, 2.45) is 0 Å². The highest BCUT2D eigenvalue weighted by atomic mass is 16.5. The van der Waals surface area contributed by atoms with E-state index in [2.05, 4.69) is 0 Å². The minimum atomic E-state index is 0.608. The van der Waals surface area contributed by atoms with E-state index in [4.69, 9.17) is 12.6 Å². The zero-order valence-electron chi connectivity index (χ0n) is 8.48. The van der Waals surface area contributed by atoms with Gasteiger partial charge >= 0.3 is 0 Å². The van der Waals surface area contributed by atoms with Gasteiger partial charge in [-0.3, -0.25) is 0 Å². The minimum absolute atomic E-state index is 0.608. The van der Waals surface area contributed by atoms with Crippen LogP contribution >= 0.6 is 0 Å². The van der Waals surface area contributed by atoms with Gasteiger partial charge in [0, 0.05) is 6.42 Å². The molecule has 14 heavy (non-hydrogen) atoms. The summed E-state index contributed by atoms with van der Waals surface area (Å²) in [6.07, 6.45) is 2.94. The van der Waals surface area contributed by atoms with Gasteiger partial charge in [-0.2, -0.15) is 0 Å². The van der Waals surface area contributed by atoms with E-state index in [1.54, 1.807) is 7.11 Å². The lowest BCUT2D eigenvalue weighted by atomic mass is 10.0. The second-order valence-corrected chi connectivity index (χ2v) is 2.61. The molecule has 0 aliphatic heterocycles. The summed E-state index contributed by atoms with van der Waals surface area (Å²) in [7, 11) is 6.72. The maximum Gasteiger partial charge on any atom is 0.119 e. The Morgan fingerprint density at radius 2 is 2.00 bits per heavy atom. The van der Waals surface area contributed by atoms with Gasteiger partial charge in [-0.25, -0.2) is 0 Å². The molecule has 2 radical (unpaired) electrons. The number of carbonyl (C=O) groups excluding carboxylic acids is 1. The zero-order valence-corrected chi connectivity index (χ0v) is 8.48. The molecular weight excluding hydrogens is 175 g/mol. The average Bonchev–Trinajstić information content (AvgIpc) is 2.28. The number of methoxy groups -OCH3 is 1. The molecule has 0 spiro atoms. The summed E-state index contributed by atoms with van der Waals surface area (Å²) in [4.78, 5) is 9.51. The summed E-state index contributed by atoms with van der Waals surface area (Å²) >= 11 is 0. The van der Waals surface area contributed by atoms with E-state index >= 15 is 0 Å². The molecule has 0 aromatic heterocycles. The van der Waals surface area contributed by atoms with E-state index in [0.29, 0.717) is 12.7 Å². The minimum Gasteiger partial charge on any atom is -0.497 e. The summed E-state index contributed by atoms with van der Waals surface area (Å²) in [6.45, 7) is 0. The molecule has 0 unspecified atom stereocenters. The SMILES string of the molecule is COc1ccccc1.[B]CCCC=O. The molecular formula is C11H15BO2. The van der Waals surface area contributed by atoms with Gasteiger partial charge in [0.25, 0.3) is 0 Å². The molecule has 0 bridgehead atoms. The van der Waals surface area contributed by atoms with Gasteiger partial charge in [0.05, 0.1) is 15.0 Å². The van der Waals surface area contributed by atoms with Gasteiger partial charge < -0.3 is 9.53 Å². The van der Waals surface area contributed by atoms with Crippen molar-refractivity contribution in [2.45, 2.75) is 19.2 Å². The Morgan fingerprint density at radius 3 is 2.29 bits per heavy atom. The summed E-state index contributed by atoms with van der Waals surface area (Å²) in [5, 5.41) is 0. The van der Waals surface area contributed by atoms with Gasteiger partial charge in [0.1, 0.15) is 12.0 Å². The number of unbranched alkanes of at least 4 members (excludes halogenated alkanes) is 1. The molecule has 1 aromatic carbocycles. The molecule has 1 rings (SSSR count). The van der Waals surface area contributed by atoms with E-state index in [-0.39, 0.29) is 0 Å². The third-order valence-electron chi connectivity index (χ3n) is 1.51. The molecule has 0 saturated heterocycles. The van der Waals surface area contributed by atoms with Crippen LogP contribution in [0.1, 0.15) is 12.8 Å². The van der Waals surface area contributed by atoms with Gasteiger partial charge in [-0.05, 0) is 12.1 Å². The van der Waals surface area contributed by atoms with Crippen molar-refractivity contribution in [3.63, 3.8) is 0 Å². The van der Waals surface area contributed by atoms with Crippen LogP contribution in [0.2, 0.25) is 6.32 Å². The molecule has 74 valence electrons. The zero-order chi connectivity index (χ0) is 10.6. The fourth-order valence-corrected chi connectivity index (χ4v) is 0.758. The lowest BCUT2D eigenvalue weighted by Gasteiger charge is -1.93. The highest BCUT2D eigenvalue weighted by Crippen LogP contribution is 2.05. The second kappa shape index (κ2) is 9.84. The Kier molecular flexibility index (Phi) is 8.96. The first kappa shape index (κ1) is 12.8. The quantitative estimate of drug-likeness (QED) is 0.413. The summed E-state index contributed by atoms with van der Waals surface area (Å²) in [5.41, 5.74) is 0. The van der Waals surface area contributed by atoms with Gasteiger partial charge in [0.15, 0.2) is 0 Å². The molecule has 0 aliphatic carbocycles. The molecule has 0 N–H and O–H groups in total. The molecule has 1 aromatic rings. The van der Waals surface area contributed by atoms with Crippen LogP contribution in [-0.4, -0.2) is 21.2 Å². The Hall–Kier alpha value is -1.25. The first-order chi connectivity index (χ1) is 6.85. The Balaban J connectivity index is 0.000000255. The third kappa shape index (κ3) is 7.41. The van der Waals surface area contributed by atoms with Crippen molar-refractivity contribution in [2.75, 3.05) is 7.11 Å². The second-order valence-electron chi connectivity index (χ2n) is 2.61. The molecule has 2 nitrogen and oxygen atoms in total. The molecule has 0 amide bonds. The van der Waals surface area contributed by atoms with E-state index < -0.39 is 0 Å².